The number of nitrogens with one attached hydrogen (secondary N) is 1. The van der Waals surface area contributed by atoms with E-state index in [1.165, 1.54) is 12.8 Å². The molecule has 1 aliphatic carbocycles. The Labute approximate surface area is 96.4 Å². The first kappa shape index (κ1) is 11.4. The predicted octanol–water partition coefficient (Wildman–Crippen LogP) is 2.92. The molecule has 0 amide bonds. The second-order valence-electron chi connectivity index (χ2n) is 4.46. The van der Waals surface area contributed by atoms with Crippen molar-refractivity contribution in [3.63, 3.8) is 0 Å². The molecular weight excluding hydrogens is 202 g/mol. The van der Waals surface area contributed by atoms with E-state index in [4.69, 9.17) is 4.84 Å². The Balaban J connectivity index is 1.82. The van der Waals surface area contributed by atoms with E-state index in [0.29, 0.717) is 11.9 Å². The summed E-state index contributed by atoms with van der Waals surface area (Å²) in [5.74, 6) is 0.299. The van der Waals surface area contributed by atoms with Crippen molar-refractivity contribution in [2.45, 2.75) is 44.8 Å². The number of phenolic OH excluding ortho intramolecular Hbond substituents is 1. The Morgan fingerprint density at radius 2 is 1.88 bits per heavy atom. The minimum atomic E-state index is 0.154. The van der Waals surface area contributed by atoms with Gasteiger partial charge in [-0.3, -0.25) is 4.84 Å². The number of phenols is 1. The van der Waals surface area contributed by atoms with Crippen LogP contribution < -0.4 is 5.48 Å². The molecule has 0 aliphatic heterocycles. The Hall–Kier alpha value is -1.06. The molecule has 0 saturated heterocycles. The van der Waals surface area contributed by atoms with Crippen molar-refractivity contribution >= 4 is 0 Å². The minimum Gasteiger partial charge on any atom is -0.508 e. The third kappa shape index (κ3) is 2.97. The highest BCUT2D eigenvalue weighted by atomic mass is 16.7. The van der Waals surface area contributed by atoms with E-state index in [2.05, 4.69) is 12.4 Å². The van der Waals surface area contributed by atoms with Crippen molar-refractivity contribution in [3.8, 4) is 5.75 Å². The highest BCUT2D eigenvalue weighted by molar-refractivity contribution is 5.27. The van der Waals surface area contributed by atoms with Gasteiger partial charge in [0.05, 0.1) is 12.1 Å². The predicted molar refractivity (Wildman–Crippen MR) is 63.0 cm³/mol. The Bertz CT molecular complexity index is 317. The Morgan fingerprint density at radius 1 is 1.25 bits per heavy atom. The van der Waals surface area contributed by atoms with Gasteiger partial charge in [-0.1, -0.05) is 25.0 Å². The highest BCUT2D eigenvalue weighted by Gasteiger charge is 2.16. The Morgan fingerprint density at radius 3 is 2.50 bits per heavy atom. The van der Waals surface area contributed by atoms with Crippen LogP contribution in [0.4, 0.5) is 0 Å². The summed E-state index contributed by atoms with van der Waals surface area (Å²) in [6.45, 7) is 2.06. The lowest BCUT2D eigenvalue weighted by molar-refractivity contribution is -0.0376. The van der Waals surface area contributed by atoms with Crippen LogP contribution in [0.2, 0.25) is 0 Å². The van der Waals surface area contributed by atoms with Gasteiger partial charge in [-0.15, -0.1) is 0 Å². The molecule has 0 bridgehead atoms. The fourth-order valence-electron chi connectivity index (χ4n) is 2.04. The average Bonchev–Trinajstić information content (AvgIpc) is 2.80. The minimum absolute atomic E-state index is 0.154. The molecule has 3 nitrogen and oxygen atoms in total. The molecule has 1 aromatic rings. The molecule has 1 aromatic carbocycles. The number of hydrogen-bond acceptors (Lipinski definition) is 3. The summed E-state index contributed by atoms with van der Waals surface area (Å²) in [6.07, 6.45) is 5.25. The van der Waals surface area contributed by atoms with Crippen LogP contribution in [-0.4, -0.2) is 11.2 Å². The van der Waals surface area contributed by atoms with Gasteiger partial charge in [0.1, 0.15) is 5.75 Å². The van der Waals surface area contributed by atoms with Gasteiger partial charge in [-0.25, -0.2) is 0 Å². The molecular formula is C13H19NO2. The first-order valence-electron chi connectivity index (χ1n) is 5.96. The summed E-state index contributed by atoms with van der Waals surface area (Å²) in [5.41, 5.74) is 4.20. The van der Waals surface area contributed by atoms with Gasteiger partial charge < -0.3 is 5.11 Å². The largest absolute Gasteiger partial charge is 0.508 e. The number of aromatic hydroxyl groups is 1. The molecule has 16 heavy (non-hydrogen) atoms. The first-order chi connectivity index (χ1) is 7.75. The standard InChI is InChI=1S/C13H19NO2/c1-10(11-6-8-12(15)9-7-11)14-16-13-4-2-3-5-13/h6-10,13-15H,2-5H2,1H3. The van der Waals surface area contributed by atoms with E-state index >= 15 is 0 Å². The molecule has 1 atom stereocenters. The zero-order valence-corrected chi connectivity index (χ0v) is 9.65. The van der Waals surface area contributed by atoms with E-state index in [1.54, 1.807) is 12.1 Å². The van der Waals surface area contributed by atoms with Gasteiger partial charge in [0.15, 0.2) is 0 Å². The molecule has 1 fully saturated rings. The van der Waals surface area contributed by atoms with E-state index in [1.807, 2.05) is 12.1 Å². The van der Waals surface area contributed by atoms with Crippen LogP contribution in [-0.2, 0) is 4.84 Å². The molecule has 88 valence electrons. The third-order valence-electron chi connectivity index (χ3n) is 3.11. The first-order valence-corrected chi connectivity index (χ1v) is 5.96. The van der Waals surface area contributed by atoms with Gasteiger partial charge in [-0.05, 0) is 37.5 Å². The third-order valence-corrected chi connectivity index (χ3v) is 3.11. The molecule has 0 spiro atoms. The number of rotatable bonds is 4. The fourth-order valence-corrected chi connectivity index (χ4v) is 2.04. The van der Waals surface area contributed by atoms with Crippen LogP contribution in [0, 0.1) is 0 Å². The van der Waals surface area contributed by atoms with Gasteiger partial charge in [0.2, 0.25) is 0 Å². The zero-order chi connectivity index (χ0) is 11.4. The van der Waals surface area contributed by atoms with Crippen LogP contribution in [0.25, 0.3) is 0 Å². The van der Waals surface area contributed by atoms with Crippen LogP contribution >= 0.6 is 0 Å². The second-order valence-corrected chi connectivity index (χ2v) is 4.46. The van der Waals surface area contributed by atoms with Crippen LogP contribution in [0.1, 0.15) is 44.2 Å². The van der Waals surface area contributed by atoms with E-state index in [-0.39, 0.29) is 6.04 Å². The lowest BCUT2D eigenvalue weighted by Gasteiger charge is -2.17. The van der Waals surface area contributed by atoms with Gasteiger partial charge in [0, 0.05) is 0 Å². The van der Waals surface area contributed by atoms with Crippen molar-refractivity contribution in [3.05, 3.63) is 29.8 Å². The van der Waals surface area contributed by atoms with E-state index in [0.717, 1.165) is 18.4 Å². The normalized spacial score (nSPS) is 18.8. The molecule has 0 heterocycles. The van der Waals surface area contributed by atoms with Crippen molar-refractivity contribution in [1.82, 2.24) is 5.48 Å². The van der Waals surface area contributed by atoms with Crippen molar-refractivity contribution < 1.29 is 9.94 Å². The van der Waals surface area contributed by atoms with Gasteiger partial charge >= 0.3 is 0 Å². The summed E-state index contributed by atoms with van der Waals surface area (Å²) < 4.78 is 0. The summed E-state index contributed by atoms with van der Waals surface area (Å²) in [6, 6.07) is 7.36. The quantitative estimate of drug-likeness (QED) is 0.768. The lowest BCUT2D eigenvalue weighted by Crippen LogP contribution is -2.24. The molecule has 0 aromatic heterocycles. The monoisotopic (exact) mass is 221 g/mol. The number of hydrogen-bond donors (Lipinski definition) is 2. The summed E-state index contributed by atoms with van der Waals surface area (Å²) in [4.78, 5) is 5.64. The Kier molecular flexibility index (Phi) is 3.80. The summed E-state index contributed by atoms with van der Waals surface area (Å²) in [5, 5.41) is 9.19. The van der Waals surface area contributed by atoms with Crippen LogP contribution in [0.3, 0.4) is 0 Å². The lowest BCUT2D eigenvalue weighted by atomic mass is 10.1. The van der Waals surface area contributed by atoms with Gasteiger partial charge in [-0.2, -0.15) is 5.48 Å². The van der Waals surface area contributed by atoms with Crippen LogP contribution in [0.15, 0.2) is 24.3 Å². The van der Waals surface area contributed by atoms with Crippen molar-refractivity contribution in [2.24, 2.45) is 0 Å². The molecule has 0 radical (unpaired) electrons. The smallest absolute Gasteiger partial charge is 0.115 e. The van der Waals surface area contributed by atoms with Gasteiger partial charge in [0.25, 0.3) is 0 Å². The highest BCUT2D eigenvalue weighted by Crippen LogP contribution is 2.22. The maximum absolute atomic E-state index is 9.19. The topological polar surface area (TPSA) is 41.5 Å². The zero-order valence-electron chi connectivity index (χ0n) is 9.65. The maximum Gasteiger partial charge on any atom is 0.115 e. The SMILES string of the molecule is CC(NOC1CCCC1)c1ccc(O)cc1. The number of hydroxylamine groups is 1. The summed E-state index contributed by atoms with van der Waals surface area (Å²) in [7, 11) is 0. The second kappa shape index (κ2) is 5.32. The fraction of sp³-hybridized carbons (Fsp3) is 0.538. The molecule has 1 unspecified atom stereocenters. The maximum atomic E-state index is 9.19. The molecule has 1 saturated carbocycles. The van der Waals surface area contributed by atoms with Crippen LogP contribution in [0.5, 0.6) is 5.75 Å². The molecule has 1 aliphatic rings. The molecule has 2 N–H and O–H groups in total. The van der Waals surface area contributed by atoms with Crippen molar-refractivity contribution in [2.75, 3.05) is 0 Å². The van der Waals surface area contributed by atoms with E-state index in [9.17, 15) is 5.11 Å². The molecule has 3 heteroatoms. The average molecular weight is 221 g/mol. The van der Waals surface area contributed by atoms with E-state index < -0.39 is 0 Å². The number of benzene rings is 1. The molecule has 2 rings (SSSR count). The summed E-state index contributed by atoms with van der Waals surface area (Å²) >= 11 is 0. The van der Waals surface area contributed by atoms with Crippen molar-refractivity contribution in [1.29, 1.82) is 0 Å².